The number of amides is 2. The predicted molar refractivity (Wildman–Crippen MR) is 127 cm³/mol. The number of nitrogens with one attached hydrogen (secondary N) is 1. The molecule has 3 heterocycles. The van der Waals surface area contributed by atoms with Crippen molar-refractivity contribution in [3.05, 3.63) is 69.9 Å². The van der Waals surface area contributed by atoms with E-state index in [4.69, 9.17) is 0 Å². The standard InChI is InChI=1S/C25H25N7O2/c26-30-29-23(19-7-8-21-22-18(19)5-2-6-20(22)24(33)28-21)16-13-27-32(14-16)17-9-11-31(12-10-17)25(34)15-3-1-4-15/h2,5-8,13-15,17,23H,1,3-4,9-12H2,(H,28,33). The van der Waals surface area contributed by atoms with E-state index in [9.17, 15) is 15.1 Å². The van der Waals surface area contributed by atoms with E-state index in [0.717, 1.165) is 66.4 Å². The van der Waals surface area contributed by atoms with Crippen molar-refractivity contribution >= 4 is 28.3 Å². The molecule has 0 bridgehead atoms. The van der Waals surface area contributed by atoms with Crippen LogP contribution in [-0.2, 0) is 4.79 Å². The second-order valence-corrected chi connectivity index (χ2v) is 9.43. The van der Waals surface area contributed by atoms with Crippen molar-refractivity contribution in [3.8, 4) is 0 Å². The van der Waals surface area contributed by atoms with E-state index in [2.05, 4.69) is 20.4 Å². The molecule has 2 aromatic carbocycles. The summed E-state index contributed by atoms with van der Waals surface area (Å²) >= 11 is 0. The van der Waals surface area contributed by atoms with E-state index in [1.165, 1.54) is 6.42 Å². The number of piperidine rings is 1. The number of hydrogen-bond donors (Lipinski definition) is 1. The van der Waals surface area contributed by atoms with Crippen LogP contribution < -0.4 is 5.32 Å². The molecule has 6 rings (SSSR count). The Morgan fingerprint density at radius 1 is 1.18 bits per heavy atom. The van der Waals surface area contributed by atoms with Crippen molar-refractivity contribution in [1.29, 1.82) is 0 Å². The minimum Gasteiger partial charge on any atom is -0.342 e. The number of azide groups is 1. The Kier molecular flexibility index (Phi) is 4.99. The molecule has 3 aliphatic rings. The number of anilines is 1. The highest BCUT2D eigenvalue weighted by molar-refractivity contribution is 6.24. The molecule has 1 aliphatic carbocycles. The lowest BCUT2D eigenvalue weighted by Crippen LogP contribution is -2.43. The number of carbonyl (C=O) groups excluding carboxylic acids is 2. The van der Waals surface area contributed by atoms with Gasteiger partial charge in [-0.15, -0.1) is 0 Å². The zero-order valence-electron chi connectivity index (χ0n) is 18.7. The molecule has 2 amide bonds. The van der Waals surface area contributed by atoms with Crippen LogP contribution in [-0.4, -0.2) is 39.6 Å². The molecule has 1 saturated carbocycles. The summed E-state index contributed by atoms with van der Waals surface area (Å²) in [6.07, 6.45) is 8.67. The third-order valence-electron chi connectivity index (χ3n) is 7.57. The van der Waals surface area contributed by atoms with Crippen LogP contribution in [0.5, 0.6) is 0 Å². The smallest absolute Gasteiger partial charge is 0.256 e. The van der Waals surface area contributed by atoms with Gasteiger partial charge in [-0.25, -0.2) is 0 Å². The molecule has 3 aromatic rings. The van der Waals surface area contributed by atoms with Gasteiger partial charge in [0.05, 0.1) is 18.3 Å². The summed E-state index contributed by atoms with van der Waals surface area (Å²) in [5, 5.41) is 13.4. The van der Waals surface area contributed by atoms with Gasteiger partial charge in [-0.1, -0.05) is 29.7 Å². The Labute approximate surface area is 196 Å². The third kappa shape index (κ3) is 3.31. The average Bonchev–Trinajstić information content (AvgIpc) is 3.43. The van der Waals surface area contributed by atoms with E-state index < -0.39 is 6.04 Å². The summed E-state index contributed by atoms with van der Waals surface area (Å²) in [6.45, 7) is 1.51. The van der Waals surface area contributed by atoms with Crippen molar-refractivity contribution in [2.24, 2.45) is 11.0 Å². The van der Waals surface area contributed by atoms with E-state index >= 15 is 0 Å². The zero-order valence-corrected chi connectivity index (χ0v) is 18.7. The zero-order chi connectivity index (χ0) is 23.2. The number of nitrogens with zero attached hydrogens (tertiary/aromatic N) is 6. The van der Waals surface area contributed by atoms with E-state index in [1.807, 2.05) is 40.0 Å². The molecular weight excluding hydrogens is 430 g/mol. The maximum absolute atomic E-state index is 12.6. The molecule has 1 aromatic heterocycles. The summed E-state index contributed by atoms with van der Waals surface area (Å²) in [6, 6.07) is 9.04. The fraction of sp³-hybridized carbons (Fsp3) is 0.400. The Morgan fingerprint density at radius 3 is 2.74 bits per heavy atom. The van der Waals surface area contributed by atoms with Crippen molar-refractivity contribution in [2.45, 2.75) is 44.2 Å². The van der Waals surface area contributed by atoms with E-state index in [1.54, 1.807) is 12.3 Å². The average molecular weight is 456 g/mol. The molecule has 9 heteroatoms. The SMILES string of the molecule is [N-]=[N+]=NC(c1cnn(C2CCN(C(=O)C3CCC3)CC2)c1)c1ccc2c3c(cccc13)C(=O)N2. The number of aromatic nitrogens is 2. The molecule has 34 heavy (non-hydrogen) atoms. The lowest BCUT2D eigenvalue weighted by molar-refractivity contribution is -0.139. The molecule has 172 valence electrons. The monoisotopic (exact) mass is 455 g/mol. The number of carbonyl (C=O) groups is 2. The van der Waals surface area contributed by atoms with Crippen molar-refractivity contribution < 1.29 is 9.59 Å². The predicted octanol–water partition coefficient (Wildman–Crippen LogP) is 4.97. The highest BCUT2D eigenvalue weighted by atomic mass is 16.2. The van der Waals surface area contributed by atoms with Crippen LogP contribution in [0.1, 0.15) is 65.7 Å². The molecule has 2 aliphatic heterocycles. The van der Waals surface area contributed by atoms with Crippen LogP contribution in [0.4, 0.5) is 5.69 Å². The molecule has 9 nitrogen and oxygen atoms in total. The van der Waals surface area contributed by atoms with Crippen molar-refractivity contribution in [1.82, 2.24) is 14.7 Å². The molecule has 2 fully saturated rings. The van der Waals surface area contributed by atoms with Gasteiger partial charge >= 0.3 is 0 Å². The van der Waals surface area contributed by atoms with Gasteiger partial charge in [-0.2, -0.15) is 5.10 Å². The van der Waals surface area contributed by atoms with Crippen LogP contribution in [0.3, 0.4) is 0 Å². The first-order valence-electron chi connectivity index (χ1n) is 11.9. The Bertz CT molecular complexity index is 1340. The van der Waals surface area contributed by atoms with Crippen molar-refractivity contribution in [3.63, 3.8) is 0 Å². The molecule has 0 radical (unpaired) electrons. The Morgan fingerprint density at radius 2 is 2.00 bits per heavy atom. The van der Waals surface area contributed by atoms with Gasteiger partial charge in [0.2, 0.25) is 5.91 Å². The molecule has 1 atom stereocenters. The minimum atomic E-state index is -0.556. The van der Waals surface area contributed by atoms with Crippen LogP contribution in [0.25, 0.3) is 21.2 Å². The lowest BCUT2D eigenvalue weighted by atomic mass is 9.84. The van der Waals surface area contributed by atoms with Gasteiger partial charge < -0.3 is 10.2 Å². The van der Waals surface area contributed by atoms with Gasteiger partial charge in [0.25, 0.3) is 5.91 Å². The topological polar surface area (TPSA) is 116 Å². The second kappa shape index (κ2) is 8.18. The maximum atomic E-state index is 12.6. The fourth-order valence-electron chi connectivity index (χ4n) is 5.47. The van der Waals surface area contributed by atoms with Gasteiger partial charge in [0, 0.05) is 52.3 Å². The number of benzene rings is 2. The van der Waals surface area contributed by atoms with Gasteiger partial charge in [-0.05, 0) is 54.3 Å². The fourth-order valence-corrected chi connectivity index (χ4v) is 5.47. The van der Waals surface area contributed by atoms with Gasteiger partial charge in [0.1, 0.15) is 0 Å². The Hall–Kier alpha value is -3.84. The number of hydrogen-bond acceptors (Lipinski definition) is 4. The second-order valence-electron chi connectivity index (χ2n) is 9.43. The first-order valence-corrected chi connectivity index (χ1v) is 11.9. The minimum absolute atomic E-state index is 0.118. The maximum Gasteiger partial charge on any atom is 0.256 e. The highest BCUT2D eigenvalue weighted by Crippen LogP contribution is 2.40. The van der Waals surface area contributed by atoms with E-state index in [-0.39, 0.29) is 17.9 Å². The number of likely N-dealkylation sites (tertiary alicyclic amines) is 1. The molecule has 1 saturated heterocycles. The van der Waals surface area contributed by atoms with Crippen molar-refractivity contribution in [2.75, 3.05) is 18.4 Å². The summed E-state index contributed by atoms with van der Waals surface area (Å²) in [5.74, 6) is 0.433. The normalized spacial score (nSPS) is 18.9. The molecule has 0 spiro atoms. The Balaban J connectivity index is 1.26. The summed E-state index contributed by atoms with van der Waals surface area (Å²) in [5.41, 5.74) is 12.4. The molecular formula is C25H25N7O2. The van der Waals surface area contributed by atoms with Crippen LogP contribution >= 0.6 is 0 Å². The third-order valence-corrected chi connectivity index (χ3v) is 7.57. The quantitative estimate of drug-likeness (QED) is 0.333. The van der Waals surface area contributed by atoms with Gasteiger partial charge in [0.15, 0.2) is 0 Å². The summed E-state index contributed by atoms with van der Waals surface area (Å²) in [7, 11) is 0. The van der Waals surface area contributed by atoms with Crippen LogP contribution in [0.15, 0.2) is 47.8 Å². The molecule has 1 unspecified atom stereocenters. The van der Waals surface area contributed by atoms with Crippen LogP contribution in [0.2, 0.25) is 0 Å². The summed E-state index contributed by atoms with van der Waals surface area (Å²) in [4.78, 5) is 30.0. The summed E-state index contributed by atoms with van der Waals surface area (Å²) < 4.78 is 1.95. The van der Waals surface area contributed by atoms with E-state index in [0.29, 0.717) is 11.5 Å². The first kappa shape index (κ1) is 20.7. The lowest BCUT2D eigenvalue weighted by Gasteiger charge is -2.36. The van der Waals surface area contributed by atoms with Gasteiger partial charge in [-0.3, -0.25) is 14.3 Å². The number of rotatable bonds is 5. The molecule has 1 N–H and O–H groups in total. The largest absolute Gasteiger partial charge is 0.342 e. The van der Waals surface area contributed by atoms with Crippen LogP contribution in [0, 0.1) is 5.92 Å². The first-order chi connectivity index (χ1) is 16.6. The highest BCUT2D eigenvalue weighted by Gasteiger charge is 2.32.